The summed E-state index contributed by atoms with van der Waals surface area (Å²) < 4.78 is 64.3. The third kappa shape index (κ3) is 4.36. The average molecular weight is 435 g/mol. The Labute approximate surface area is 166 Å². The standard InChI is InChI=1S/C17H24F3N5O3S/c18-17(19,20)14-8-13(23-16-21-10-22-25(14)16)12-1-4-24(5-2-12)15(26)7-11-3-6-29(27,28)9-11/h10-14H,1-9H2,(H,21,22,23)/t11-,13+,14-/m1/s1. The van der Waals surface area contributed by atoms with E-state index in [1.807, 2.05) is 0 Å². The van der Waals surface area contributed by atoms with Crippen molar-refractivity contribution in [2.45, 2.75) is 50.4 Å². The van der Waals surface area contributed by atoms with Crippen molar-refractivity contribution in [3.05, 3.63) is 6.33 Å². The molecule has 0 bridgehead atoms. The Morgan fingerprint density at radius 3 is 2.59 bits per heavy atom. The lowest BCUT2D eigenvalue weighted by Crippen LogP contribution is -2.47. The number of nitrogens with zero attached hydrogens (tertiary/aromatic N) is 4. The van der Waals surface area contributed by atoms with E-state index in [2.05, 4.69) is 15.4 Å². The molecule has 0 aromatic carbocycles. The molecule has 2 fully saturated rings. The molecule has 4 rings (SSSR count). The van der Waals surface area contributed by atoms with E-state index in [0.717, 1.165) is 11.0 Å². The molecule has 0 spiro atoms. The number of sulfone groups is 1. The molecule has 8 nitrogen and oxygen atoms in total. The molecule has 0 radical (unpaired) electrons. The maximum Gasteiger partial charge on any atom is 0.411 e. The lowest BCUT2D eigenvalue weighted by Gasteiger charge is -2.40. The van der Waals surface area contributed by atoms with E-state index in [4.69, 9.17) is 0 Å². The smallest absolute Gasteiger partial charge is 0.351 e. The molecular weight excluding hydrogens is 411 g/mol. The number of rotatable bonds is 3. The zero-order chi connectivity index (χ0) is 20.8. The van der Waals surface area contributed by atoms with Crippen molar-refractivity contribution >= 4 is 21.7 Å². The SMILES string of the molecule is O=C(C[C@H]1CCS(=O)(=O)C1)N1CCC([C@@H]2C[C@H](C(F)(F)F)n3ncnc3N2)CC1. The van der Waals surface area contributed by atoms with E-state index in [9.17, 15) is 26.4 Å². The molecule has 3 aliphatic rings. The van der Waals surface area contributed by atoms with Crippen LogP contribution in [0.1, 0.15) is 38.1 Å². The van der Waals surface area contributed by atoms with Gasteiger partial charge in [-0.25, -0.2) is 13.1 Å². The normalized spacial score (nSPS) is 30.0. The molecule has 0 aliphatic carbocycles. The molecule has 3 aliphatic heterocycles. The van der Waals surface area contributed by atoms with Crippen LogP contribution in [0.3, 0.4) is 0 Å². The predicted molar refractivity (Wildman–Crippen MR) is 97.8 cm³/mol. The first-order chi connectivity index (χ1) is 13.6. The number of hydrogen-bond acceptors (Lipinski definition) is 6. The molecule has 2 saturated heterocycles. The van der Waals surface area contributed by atoms with E-state index in [1.54, 1.807) is 4.90 Å². The Bertz CT molecular complexity index is 864. The van der Waals surface area contributed by atoms with Crippen LogP contribution in [0.2, 0.25) is 0 Å². The number of fused-ring (bicyclic) bond motifs is 1. The van der Waals surface area contributed by atoms with Gasteiger partial charge < -0.3 is 10.2 Å². The quantitative estimate of drug-likeness (QED) is 0.775. The molecule has 1 N–H and O–H groups in total. The maximum atomic E-state index is 13.4. The van der Waals surface area contributed by atoms with Gasteiger partial charge in [0.2, 0.25) is 11.9 Å². The summed E-state index contributed by atoms with van der Waals surface area (Å²) in [6.45, 7) is 0.953. The topological polar surface area (TPSA) is 97.2 Å². The molecule has 1 aromatic heterocycles. The van der Waals surface area contributed by atoms with Gasteiger partial charge in [0.15, 0.2) is 15.9 Å². The molecular formula is C17H24F3N5O3S. The maximum absolute atomic E-state index is 13.4. The van der Waals surface area contributed by atoms with Crippen LogP contribution in [0, 0.1) is 11.8 Å². The number of anilines is 1. The van der Waals surface area contributed by atoms with Crippen LogP contribution in [-0.2, 0) is 14.6 Å². The second kappa shape index (κ2) is 7.44. The number of carbonyl (C=O) groups excluding carboxylic acids is 1. The Balaban J connectivity index is 1.33. The van der Waals surface area contributed by atoms with Gasteiger partial charge in [-0.3, -0.25) is 4.79 Å². The van der Waals surface area contributed by atoms with Gasteiger partial charge in [0.05, 0.1) is 11.5 Å². The van der Waals surface area contributed by atoms with Gasteiger partial charge in [0.1, 0.15) is 6.33 Å². The number of nitrogens with one attached hydrogen (secondary N) is 1. The molecule has 29 heavy (non-hydrogen) atoms. The fraction of sp³-hybridized carbons (Fsp3) is 0.824. The zero-order valence-electron chi connectivity index (χ0n) is 15.8. The highest BCUT2D eigenvalue weighted by molar-refractivity contribution is 7.91. The number of piperidine rings is 1. The van der Waals surface area contributed by atoms with Crippen molar-refractivity contribution in [2.75, 3.05) is 29.9 Å². The number of aromatic nitrogens is 3. The zero-order valence-corrected chi connectivity index (χ0v) is 16.6. The van der Waals surface area contributed by atoms with Crippen molar-refractivity contribution in [3.63, 3.8) is 0 Å². The van der Waals surface area contributed by atoms with Crippen LogP contribution >= 0.6 is 0 Å². The van der Waals surface area contributed by atoms with Crippen molar-refractivity contribution in [1.29, 1.82) is 0 Å². The van der Waals surface area contributed by atoms with Gasteiger partial charge in [0, 0.05) is 25.6 Å². The van der Waals surface area contributed by atoms with Crippen LogP contribution in [-0.4, -0.2) is 70.8 Å². The summed E-state index contributed by atoms with van der Waals surface area (Å²) in [6, 6.07) is -2.08. The third-order valence-electron chi connectivity index (χ3n) is 6.29. The fourth-order valence-corrected chi connectivity index (χ4v) is 6.55. The summed E-state index contributed by atoms with van der Waals surface area (Å²) in [5, 5.41) is 6.79. The van der Waals surface area contributed by atoms with E-state index >= 15 is 0 Å². The molecule has 3 atom stereocenters. The van der Waals surface area contributed by atoms with Crippen LogP contribution in [0.15, 0.2) is 6.33 Å². The largest absolute Gasteiger partial charge is 0.411 e. The average Bonchev–Trinajstić information content (AvgIpc) is 3.25. The van der Waals surface area contributed by atoms with Crippen molar-refractivity contribution in [1.82, 2.24) is 19.7 Å². The summed E-state index contributed by atoms with van der Waals surface area (Å²) in [6.07, 6.45) is -1.44. The van der Waals surface area contributed by atoms with Gasteiger partial charge >= 0.3 is 6.18 Å². The molecule has 1 aromatic rings. The Morgan fingerprint density at radius 2 is 1.97 bits per heavy atom. The first kappa shape index (κ1) is 20.4. The minimum atomic E-state index is -4.40. The number of halogens is 3. The first-order valence-electron chi connectivity index (χ1n) is 9.83. The van der Waals surface area contributed by atoms with Gasteiger partial charge in [-0.05, 0) is 37.5 Å². The number of likely N-dealkylation sites (tertiary alicyclic amines) is 1. The number of amides is 1. The Kier molecular flexibility index (Phi) is 5.24. The minimum absolute atomic E-state index is 0.00112. The molecule has 12 heteroatoms. The van der Waals surface area contributed by atoms with E-state index in [0.29, 0.717) is 32.4 Å². The van der Waals surface area contributed by atoms with Crippen molar-refractivity contribution in [2.24, 2.45) is 11.8 Å². The molecule has 1 amide bonds. The monoisotopic (exact) mass is 435 g/mol. The highest BCUT2D eigenvalue weighted by Crippen LogP contribution is 2.41. The second-order valence-corrected chi connectivity index (χ2v) is 10.5. The van der Waals surface area contributed by atoms with Crippen molar-refractivity contribution in [3.8, 4) is 0 Å². The van der Waals surface area contributed by atoms with Crippen molar-refractivity contribution < 1.29 is 26.4 Å². The summed E-state index contributed by atoms with van der Waals surface area (Å²) in [5.41, 5.74) is 0. The second-order valence-electron chi connectivity index (χ2n) is 8.26. The molecule has 0 unspecified atom stereocenters. The minimum Gasteiger partial charge on any atom is -0.351 e. The highest BCUT2D eigenvalue weighted by atomic mass is 32.2. The summed E-state index contributed by atoms with van der Waals surface area (Å²) >= 11 is 0. The summed E-state index contributed by atoms with van der Waals surface area (Å²) in [5.74, 6) is 0.163. The lowest BCUT2D eigenvalue weighted by atomic mass is 9.84. The number of carbonyl (C=O) groups is 1. The van der Waals surface area contributed by atoms with E-state index in [1.165, 1.54) is 0 Å². The lowest BCUT2D eigenvalue weighted by molar-refractivity contribution is -0.174. The fourth-order valence-electron chi connectivity index (χ4n) is 4.69. The first-order valence-corrected chi connectivity index (χ1v) is 11.7. The van der Waals surface area contributed by atoms with Crippen LogP contribution in [0.5, 0.6) is 0 Å². The van der Waals surface area contributed by atoms with E-state index in [-0.39, 0.29) is 54.1 Å². The van der Waals surface area contributed by atoms with Crippen LogP contribution < -0.4 is 5.32 Å². The third-order valence-corrected chi connectivity index (χ3v) is 8.13. The van der Waals surface area contributed by atoms with E-state index < -0.39 is 22.1 Å². The van der Waals surface area contributed by atoms with Gasteiger partial charge in [-0.15, -0.1) is 0 Å². The molecule has 4 heterocycles. The van der Waals surface area contributed by atoms with Gasteiger partial charge in [0.25, 0.3) is 0 Å². The molecule has 0 saturated carbocycles. The highest BCUT2D eigenvalue weighted by Gasteiger charge is 2.48. The van der Waals surface area contributed by atoms with Crippen LogP contribution in [0.25, 0.3) is 0 Å². The van der Waals surface area contributed by atoms with Gasteiger partial charge in [-0.2, -0.15) is 23.3 Å². The number of hydrogen-bond donors (Lipinski definition) is 1. The Hall–Kier alpha value is -1.85. The predicted octanol–water partition coefficient (Wildman–Crippen LogP) is 1.63. The number of alkyl halides is 3. The summed E-state index contributed by atoms with van der Waals surface area (Å²) in [4.78, 5) is 18.1. The van der Waals surface area contributed by atoms with Crippen LogP contribution in [0.4, 0.5) is 19.1 Å². The molecule has 162 valence electrons. The van der Waals surface area contributed by atoms with Gasteiger partial charge in [-0.1, -0.05) is 0 Å². The Morgan fingerprint density at radius 1 is 1.24 bits per heavy atom. The summed E-state index contributed by atoms with van der Waals surface area (Å²) in [7, 11) is -3.02.